The Labute approximate surface area is 111 Å². The highest BCUT2D eigenvalue weighted by atomic mass is 14.8. The second kappa shape index (κ2) is 6.75. The monoisotopic (exact) mass is 243 g/mol. The fourth-order valence-corrected chi connectivity index (χ4v) is 2.33. The summed E-state index contributed by atoms with van der Waals surface area (Å²) in [6.07, 6.45) is 7.49. The van der Waals surface area contributed by atoms with Crippen LogP contribution in [0.4, 0.5) is 0 Å². The van der Waals surface area contributed by atoms with Gasteiger partial charge in [-0.15, -0.1) is 0 Å². The zero-order valence-electron chi connectivity index (χ0n) is 11.7. The van der Waals surface area contributed by atoms with Gasteiger partial charge in [-0.2, -0.15) is 0 Å². The minimum absolute atomic E-state index is 0.833. The van der Waals surface area contributed by atoms with E-state index in [0.717, 1.165) is 25.4 Å². The van der Waals surface area contributed by atoms with E-state index >= 15 is 0 Å². The van der Waals surface area contributed by atoms with Gasteiger partial charge < -0.3 is 5.32 Å². The van der Waals surface area contributed by atoms with Crippen LogP contribution in [0.15, 0.2) is 29.8 Å². The average molecular weight is 243 g/mol. The van der Waals surface area contributed by atoms with Gasteiger partial charge in [0, 0.05) is 6.54 Å². The van der Waals surface area contributed by atoms with Gasteiger partial charge in [-0.1, -0.05) is 49.8 Å². The van der Waals surface area contributed by atoms with E-state index < -0.39 is 0 Å². The topological polar surface area (TPSA) is 12.0 Å². The molecule has 0 radical (unpaired) electrons. The molecular weight excluding hydrogens is 218 g/mol. The van der Waals surface area contributed by atoms with Crippen LogP contribution in [0.5, 0.6) is 0 Å². The second-order valence-corrected chi connectivity index (χ2v) is 5.24. The molecule has 1 aliphatic rings. The van der Waals surface area contributed by atoms with Crippen molar-refractivity contribution in [2.45, 2.75) is 45.4 Å². The molecule has 0 spiro atoms. The molecule has 0 unspecified atom stereocenters. The summed E-state index contributed by atoms with van der Waals surface area (Å²) >= 11 is 0. The number of benzene rings is 1. The fourth-order valence-electron chi connectivity index (χ4n) is 2.33. The minimum Gasteiger partial charge on any atom is -0.313 e. The van der Waals surface area contributed by atoms with Crippen molar-refractivity contribution in [3.63, 3.8) is 0 Å². The lowest BCUT2D eigenvalue weighted by atomic mass is 10.00. The molecule has 0 bridgehead atoms. The molecule has 1 nitrogen and oxygen atoms in total. The highest BCUT2D eigenvalue weighted by Crippen LogP contribution is 2.42. The van der Waals surface area contributed by atoms with Crippen molar-refractivity contribution in [2.75, 3.05) is 13.1 Å². The van der Waals surface area contributed by atoms with Crippen LogP contribution in [-0.4, -0.2) is 13.1 Å². The fraction of sp³-hybridized carbons (Fsp3) is 0.529. The van der Waals surface area contributed by atoms with E-state index in [1.54, 1.807) is 5.56 Å². The van der Waals surface area contributed by atoms with Crippen molar-refractivity contribution in [3.8, 4) is 0 Å². The first kappa shape index (κ1) is 13.4. The number of rotatable bonds is 7. The largest absolute Gasteiger partial charge is 0.313 e. The summed E-state index contributed by atoms with van der Waals surface area (Å²) in [7, 11) is 0. The molecule has 0 heterocycles. The molecule has 0 aliphatic heterocycles. The van der Waals surface area contributed by atoms with Crippen LogP contribution in [0.1, 0.15) is 56.6 Å². The highest BCUT2D eigenvalue weighted by molar-refractivity contribution is 5.58. The first-order chi connectivity index (χ1) is 8.85. The van der Waals surface area contributed by atoms with Crippen molar-refractivity contribution < 1.29 is 0 Å². The van der Waals surface area contributed by atoms with Crippen LogP contribution < -0.4 is 5.32 Å². The molecule has 1 aromatic carbocycles. The summed E-state index contributed by atoms with van der Waals surface area (Å²) in [6.45, 7) is 6.61. The lowest BCUT2D eigenvalue weighted by Gasteiger charge is -2.09. The van der Waals surface area contributed by atoms with Gasteiger partial charge in [0.1, 0.15) is 0 Å². The molecule has 0 aromatic heterocycles. The Balaban J connectivity index is 2.08. The van der Waals surface area contributed by atoms with Crippen molar-refractivity contribution in [1.82, 2.24) is 5.32 Å². The van der Waals surface area contributed by atoms with Crippen LogP contribution in [0.2, 0.25) is 0 Å². The van der Waals surface area contributed by atoms with Gasteiger partial charge in [-0.25, -0.2) is 0 Å². The Morgan fingerprint density at radius 1 is 1.28 bits per heavy atom. The van der Waals surface area contributed by atoms with Gasteiger partial charge >= 0.3 is 0 Å². The summed E-state index contributed by atoms with van der Waals surface area (Å²) in [4.78, 5) is 0. The normalized spacial score (nSPS) is 16.0. The Bertz CT molecular complexity index is 402. The molecule has 1 aromatic rings. The molecule has 98 valence electrons. The van der Waals surface area contributed by atoms with Gasteiger partial charge in [0.25, 0.3) is 0 Å². The lowest BCUT2D eigenvalue weighted by Crippen LogP contribution is -2.17. The van der Waals surface area contributed by atoms with Crippen molar-refractivity contribution in [3.05, 3.63) is 41.0 Å². The predicted octanol–water partition coefficient (Wildman–Crippen LogP) is 4.36. The van der Waals surface area contributed by atoms with Crippen LogP contribution in [0, 0.1) is 0 Å². The Morgan fingerprint density at radius 2 is 2.06 bits per heavy atom. The maximum absolute atomic E-state index is 3.50. The Hall–Kier alpha value is -1.08. The maximum atomic E-state index is 3.50. The Morgan fingerprint density at radius 3 is 2.72 bits per heavy atom. The third-order valence-corrected chi connectivity index (χ3v) is 3.61. The third kappa shape index (κ3) is 3.71. The van der Waals surface area contributed by atoms with Gasteiger partial charge in [-0.05, 0) is 49.3 Å². The van der Waals surface area contributed by atoms with Crippen molar-refractivity contribution >= 4 is 6.08 Å². The molecule has 1 fully saturated rings. The number of hydrogen-bond acceptors (Lipinski definition) is 1. The van der Waals surface area contributed by atoms with E-state index in [9.17, 15) is 0 Å². The quantitative estimate of drug-likeness (QED) is 0.702. The molecule has 18 heavy (non-hydrogen) atoms. The standard InChI is InChI=1S/C17H25N/c1-3-11-18-13-14(4-2)12-16-7-5-6-8-17(16)15-9-10-15/h5-8,12,15,18H,3-4,9-11,13H2,1-2H3. The van der Waals surface area contributed by atoms with Gasteiger partial charge in [0.2, 0.25) is 0 Å². The van der Waals surface area contributed by atoms with Crippen LogP contribution in [0.3, 0.4) is 0 Å². The molecule has 0 atom stereocenters. The minimum atomic E-state index is 0.833. The molecule has 1 aliphatic carbocycles. The predicted molar refractivity (Wildman–Crippen MR) is 79.8 cm³/mol. The van der Waals surface area contributed by atoms with Crippen molar-refractivity contribution in [1.29, 1.82) is 0 Å². The van der Waals surface area contributed by atoms with Crippen LogP contribution in [-0.2, 0) is 0 Å². The first-order valence-electron chi connectivity index (χ1n) is 7.34. The van der Waals surface area contributed by atoms with Crippen molar-refractivity contribution in [2.24, 2.45) is 0 Å². The summed E-state index contributed by atoms with van der Waals surface area (Å²) in [5.74, 6) is 0.833. The third-order valence-electron chi connectivity index (χ3n) is 3.61. The van der Waals surface area contributed by atoms with E-state index in [2.05, 4.69) is 49.5 Å². The van der Waals surface area contributed by atoms with E-state index in [1.807, 2.05) is 0 Å². The van der Waals surface area contributed by atoms with Crippen LogP contribution in [0.25, 0.3) is 6.08 Å². The van der Waals surface area contributed by atoms with Gasteiger partial charge in [0.15, 0.2) is 0 Å². The van der Waals surface area contributed by atoms with E-state index in [1.165, 1.54) is 30.4 Å². The summed E-state index contributed by atoms with van der Waals surface area (Å²) in [6, 6.07) is 8.90. The molecule has 1 saturated carbocycles. The SMILES string of the molecule is CCCNCC(=Cc1ccccc1C1CC1)CC. The molecule has 0 amide bonds. The van der Waals surface area contributed by atoms with Crippen LogP contribution >= 0.6 is 0 Å². The summed E-state index contributed by atoms with van der Waals surface area (Å²) in [5.41, 5.74) is 4.51. The highest BCUT2D eigenvalue weighted by Gasteiger charge is 2.24. The summed E-state index contributed by atoms with van der Waals surface area (Å²) in [5, 5.41) is 3.50. The van der Waals surface area contributed by atoms with E-state index in [-0.39, 0.29) is 0 Å². The molecule has 1 heteroatoms. The van der Waals surface area contributed by atoms with E-state index in [4.69, 9.17) is 0 Å². The van der Waals surface area contributed by atoms with Gasteiger partial charge in [0.05, 0.1) is 0 Å². The molecule has 0 saturated heterocycles. The number of nitrogens with one attached hydrogen (secondary N) is 1. The zero-order valence-corrected chi connectivity index (χ0v) is 11.7. The Kier molecular flexibility index (Phi) is 5.00. The number of hydrogen-bond donors (Lipinski definition) is 1. The summed E-state index contributed by atoms with van der Waals surface area (Å²) < 4.78 is 0. The van der Waals surface area contributed by atoms with E-state index in [0.29, 0.717) is 0 Å². The lowest BCUT2D eigenvalue weighted by molar-refractivity contribution is 0.705. The molecular formula is C17H25N. The zero-order chi connectivity index (χ0) is 12.8. The second-order valence-electron chi connectivity index (χ2n) is 5.24. The smallest absolute Gasteiger partial charge is 0.0167 e. The first-order valence-corrected chi connectivity index (χ1v) is 7.34. The van der Waals surface area contributed by atoms with Gasteiger partial charge in [-0.3, -0.25) is 0 Å². The average Bonchev–Trinajstić information content (AvgIpc) is 3.22. The molecule has 1 N–H and O–H groups in total. The maximum Gasteiger partial charge on any atom is 0.0167 e. The molecule has 2 rings (SSSR count).